The molecule has 0 aromatic carbocycles. The largest absolute Gasteiger partial charge is 0.353 e. The van der Waals surface area contributed by atoms with Crippen LogP contribution in [0.1, 0.15) is 13.8 Å². The van der Waals surface area contributed by atoms with Gasteiger partial charge in [-0.3, -0.25) is 4.18 Å². The van der Waals surface area contributed by atoms with E-state index in [1.54, 1.807) is 13.8 Å². The third kappa shape index (κ3) is 3.22. The van der Waals surface area contributed by atoms with Gasteiger partial charge in [-0.15, -0.1) is 0 Å². The lowest BCUT2D eigenvalue weighted by Crippen LogP contribution is -2.42. The van der Waals surface area contributed by atoms with Crippen molar-refractivity contribution in [2.24, 2.45) is 0 Å². The van der Waals surface area contributed by atoms with Gasteiger partial charge in [-0.1, -0.05) is 0 Å². The summed E-state index contributed by atoms with van der Waals surface area (Å²) in [7, 11) is -3.45. The Morgan fingerprint density at radius 2 is 2.08 bits per heavy atom. The zero-order chi connectivity index (χ0) is 10.1. The molecule has 6 heteroatoms. The Hall–Kier alpha value is -0.170. The summed E-state index contributed by atoms with van der Waals surface area (Å²) in [6.45, 7) is 3.88. The molecule has 0 saturated carbocycles. The molecule has 0 aromatic rings. The van der Waals surface area contributed by atoms with Gasteiger partial charge in [0.05, 0.1) is 12.9 Å². The Bertz CT molecular complexity index is 263. The summed E-state index contributed by atoms with van der Waals surface area (Å²) in [5, 5.41) is 0. The van der Waals surface area contributed by atoms with E-state index in [4.69, 9.17) is 13.7 Å². The molecule has 0 N–H and O–H groups in total. The summed E-state index contributed by atoms with van der Waals surface area (Å²) in [5.41, 5.74) is -0.871. The summed E-state index contributed by atoms with van der Waals surface area (Å²) in [4.78, 5) is 0. The second kappa shape index (κ2) is 3.53. The molecule has 0 aromatic heterocycles. The third-order valence-electron chi connectivity index (χ3n) is 1.76. The summed E-state index contributed by atoms with van der Waals surface area (Å²) in [5.74, 6) is 0. The minimum Gasteiger partial charge on any atom is -0.353 e. The predicted molar refractivity (Wildman–Crippen MR) is 45.7 cm³/mol. The Balaban J connectivity index is 2.64. The van der Waals surface area contributed by atoms with Crippen LogP contribution in [0.3, 0.4) is 0 Å². The lowest BCUT2D eigenvalue weighted by Gasteiger charge is -2.27. The normalized spacial score (nSPS) is 25.0. The third-order valence-corrected chi connectivity index (χ3v) is 2.50. The first-order valence-electron chi connectivity index (χ1n) is 3.91. The summed E-state index contributed by atoms with van der Waals surface area (Å²) in [6.07, 6.45) is 0.687. The molecule has 0 radical (unpaired) electrons. The van der Waals surface area contributed by atoms with Gasteiger partial charge in [0.1, 0.15) is 18.5 Å². The Kier molecular flexibility index (Phi) is 2.96. The Morgan fingerprint density at radius 3 is 2.46 bits per heavy atom. The van der Waals surface area contributed by atoms with Gasteiger partial charge in [-0.05, 0) is 13.8 Å². The molecule has 0 aliphatic carbocycles. The summed E-state index contributed by atoms with van der Waals surface area (Å²) < 4.78 is 36.8. The van der Waals surface area contributed by atoms with E-state index in [0.29, 0.717) is 6.61 Å². The second-order valence-electron chi connectivity index (χ2n) is 3.53. The number of hydrogen-bond acceptors (Lipinski definition) is 5. The smallest absolute Gasteiger partial charge is 0.264 e. The molecule has 1 atom stereocenters. The first-order chi connectivity index (χ1) is 5.81. The molecular weight excluding hydrogens is 196 g/mol. The number of hydrogen-bond donors (Lipinski definition) is 0. The van der Waals surface area contributed by atoms with Crippen molar-refractivity contribution in [1.82, 2.24) is 0 Å². The van der Waals surface area contributed by atoms with Crippen LogP contribution in [-0.2, 0) is 23.8 Å². The molecule has 1 saturated heterocycles. The van der Waals surface area contributed by atoms with Crippen LogP contribution in [-0.4, -0.2) is 39.8 Å². The lowest BCUT2D eigenvalue weighted by atomic mass is 10.0. The first kappa shape index (κ1) is 10.9. The Labute approximate surface area is 78.1 Å². The van der Waals surface area contributed by atoms with Crippen molar-refractivity contribution in [2.75, 3.05) is 19.7 Å². The topological polar surface area (TPSA) is 61.8 Å². The molecule has 1 heterocycles. The van der Waals surface area contributed by atoms with Crippen LogP contribution in [0.2, 0.25) is 0 Å². The zero-order valence-electron chi connectivity index (χ0n) is 7.94. The number of rotatable bonds is 3. The van der Waals surface area contributed by atoms with Gasteiger partial charge in [0.15, 0.2) is 0 Å². The van der Waals surface area contributed by atoms with E-state index in [-0.39, 0.29) is 12.9 Å². The quantitative estimate of drug-likeness (QED) is 0.619. The van der Waals surface area contributed by atoms with E-state index in [2.05, 4.69) is 0 Å². The summed E-state index contributed by atoms with van der Waals surface area (Å²) in [6, 6.07) is 0. The molecule has 5 nitrogen and oxygen atoms in total. The van der Waals surface area contributed by atoms with Crippen molar-refractivity contribution < 1.29 is 22.1 Å². The van der Waals surface area contributed by atoms with Crippen molar-refractivity contribution in [2.45, 2.75) is 25.6 Å². The molecule has 1 fully saturated rings. The van der Waals surface area contributed by atoms with Crippen molar-refractivity contribution in [3.63, 3.8) is 0 Å². The molecule has 1 rings (SSSR count). The number of ether oxygens (including phenoxy) is 2. The fourth-order valence-corrected chi connectivity index (χ4v) is 2.07. The van der Waals surface area contributed by atoms with Gasteiger partial charge in [-0.2, -0.15) is 8.42 Å². The average molecular weight is 210 g/mol. The van der Waals surface area contributed by atoms with E-state index in [0.717, 1.165) is 6.26 Å². The van der Waals surface area contributed by atoms with Gasteiger partial charge in [0.2, 0.25) is 0 Å². The van der Waals surface area contributed by atoms with Gasteiger partial charge >= 0.3 is 0 Å². The molecule has 13 heavy (non-hydrogen) atoms. The van der Waals surface area contributed by atoms with E-state index in [1.165, 1.54) is 0 Å². The molecule has 1 aliphatic rings. The molecule has 0 bridgehead atoms. The van der Waals surface area contributed by atoms with E-state index < -0.39 is 15.7 Å². The van der Waals surface area contributed by atoms with Crippen LogP contribution in [0.15, 0.2) is 0 Å². The van der Waals surface area contributed by atoms with Crippen LogP contribution in [0.5, 0.6) is 0 Å². The van der Waals surface area contributed by atoms with Crippen LogP contribution >= 0.6 is 0 Å². The van der Waals surface area contributed by atoms with E-state index in [9.17, 15) is 8.42 Å². The molecule has 1 aliphatic heterocycles. The predicted octanol–water partition coefficient (Wildman–Crippen LogP) is 0.114. The highest BCUT2D eigenvalue weighted by Crippen LogP contribution is 2.23. The van der Waals surface area contributed by atoms with Crippen molar-refractivity contribution in [1.29, 1.82) is 0 Å². The monoisotopic (exact) mass is 210 g/mol. The highest BCUT2D eigenvalue weighted by molar-refractivity contribution is 7.86. The SMILES string of the molecule is CC(C)(OS(C)(=O)=O)C1COCO1. The molecule has 0 amide bonds. The maximum atomic E-state index is 10.9. The van der Waals surface area contributed by atoms with Crippen molar-refractivity contribution >= 4 is 10.1 Å². The van der Waals surface area contributed by atoms with Crippen molar-refractivity contribution in [3.8, 4) is 0 Å². The van der Waals surface area contributed by atoms with Gasteiger partial charge in [0, 0.05) is 0 Å². The standard InChI is InChI=1S/C7H14O5S/c1-7(2,12-13(3,8)9)6-4-10-5-11-6/h6H,4-5H2,1-3H3. The highest BCUT2D eigenvalue weighted by atomic mass is 32.2. The van der Waals surface area contributed by atoms with Gasteiger partial charge in [0.25, 0.3) is 10.1 Å². The summed E-state index contributed by atoms with van der Waals surface area (Å²) >= 11 is 0. The molecular formula is C7H14O5S. The minimum absolute atomic E-state index is 0.196. The van der Waals surface area contributed by atoms with Crippen LogP contribution < -0.4 is 0 Å². The molecule has 1 unspecified atom stereocenters. The average Bonchev–Trinajstić information content (AvgIpc) is 2.29. The highest BCUT2D eigenvalue weighted by Gasteiger charge is 2.37. The maximum Gasteiger partial charge on any atom is 0.264 e. The van der Waals surface area contributed by atoms with Crippen LogP contribution in [0.25, 0.3) is 0 Å². The van der Waals surface area contributed by atoms with Gasteiger partial charge in [-0.25, -0.2) is 0 Å². The second-order valence-corrected chi connectivity index (χ2v) is 5.11. The van der Waals surface area contributed by atoms with Crippen molar-refractivity contribution in [3.05, 3.63) is 0 Å². The van der Waals surface area contributed by atoms with Crippen LogP contribution in [0, 0.1) is 0 Å². The van der Waals surface area contributed by atoms with E-state index in [1.807, 2.05) is 0 Å². The minimum atomic E-state index is -3.45. The van der Waals surface area contributed by atoms with Gasteiger partial charge < -0.3 is 9.47 Å². The first-order valence-corrected chi connectivity index (χ1v) is 5.73. The van der Waals surface area contributed by atoms with E-state index >= 15 is 0 Å². The maximum absolute atomic E-state index is 10.9. The fraction of sp³-hybridized carbons (Fsp3) is 1.00. The zero-order valence-corrected chi connectivity index (χ0v) is 8.76. The Morgan fingerprint density at radius 1 is 1.46 bits per heavy atom. The lowest BCUT2D eigenvalue weighted by molar-refractivity contribution is -0.0403. The fourth-order valence-electron chi connectivity index (χ4n) is 1.18. The molecule has 78 valence electrons. The molecule has 0 spiro atoms. The van der Waals surface area contributed by atoms with Crippen LogP contribution in [0.4, 0.5) is 0 Å².